The molecule has 2 rings (SSSR count). The van der Waals surface area contributed by atoms with E-state index in [1.807, 2.05) is 45.0 Å². The van der Waals surface area contributed by atoms with E-state index < -0.39 is 0 Å². The van der Waals surface area contributed by atoms with Gasteiger partial charge in [-0.1, -0.05) is 36.4 Å². The molecule has 19 heavy (non-hydrogen) atoms. The van der Waals surface area contributed by atoms with Gasteiger partial charge in [0.2, 0.25) is 5.91 Å². The first-order valence-corrected chi connectivity index (χ1v) is 6.48. The smallest absolute Gasteiger partial charge is 0.239 e. The second-order valence-electron chi connectivity index (χ2n) is 5.68. The predicted molar refractivity (Wildman–Crippen MR) is 80.3 cm³/mol. The van der Waals surface area contributed by atoms with Crippen LogP contribution >= 0.6 is 0 Å². The number of hydrogen-bond acceptors (Lipinski definition) is 2. The van der Waals surface area contributed by atoms with Crippen molar-refractivity contribution in [1.82, 2.24) is 5.32 Å². The summed E-state index contributed by atoms with van der Waals surface area (Å²) in [6.07, 6.45) is 0. The number of nitrogens with one attached hydrogen (secondary N) is 2. The average Bonchev–Trinajstić information content (AvgIpc) is 2.34. The van der Waals surface area contributed by atoms with Gasteiger partial charge in [0.25, 0.3) is 0 Å². The Kier molecular flexibility index (Phi) is 3.74. The van der Waals surface area contributed by atoms with E-state index in [1.165, 1.54) is 5.39 Å². The van der Waals surface area contributed by atoms with E-state index in [0.29, 0.717) is 0 Å². The Morgan fingerprint density at radius 3 is 2.47 bits per heavy atom. The van der Waals surface area contributed by atoms with Gasteiger partial charge in [-0.25, -0.2) is 0 Å². The Morgan fingerprint density at radius 2 is 1.74 bits per heavy atom. The molecule has 2 aromatic carbocycles. The first-order valence-electron chi connectivity index (χ1n) is 6.48. The highest BCUT2D eigenvalue weighted by Gasteiger charge is 2.13. The van der Waals surface area contributed by atoms with Gasteiger partial charge in [0.15, 0.2) is 0 Å². The van der Waals surface area contributed by atoms with Crippen molar-refractivity contribution in [2.24, 2.45) is 0 Å². The largest absolute Gasteiger partial charge is 0.376 e. The number of carbonyl (C=O) groups is 1. The Balaban J connectivity index is 2.08. The van der Waals surface area contributed by atoms with E-state index in [4.69, 9.17) is 0 Å². The average molecular weight is 256 g/mol. The Labute approximate surface area is 114 Å². The van der Waals surface area contributed by atoms with Crippen molar-refractivity contribution in [3.05, 3.63) is 42.5 Å². The van der Waals surface area contributed by atoms with Gasteiger partial charge in [-0.3, -0.25) is 4.79 Å². The van der Waals surface area contributed by atoms with Crippen LogP contribution in [0, 0.1) is 0 Å². The van der Waals surface area contributed by atoms with Crippen LogP contribution in [-0.4, -0.2) is 18.0 Å². The lowest BCUT2D eigenvalue weighted by molar-refractivity contribution is -0.120. The van der Waals surface area contributed by atoms with E-state index >= 15 is 0 Å². The highest BCUT2D eigenvalue weighted by molar-refractivity contribution is 5.95. The van der Waals surface area contributed by atoms with Crippen LogP contribution in [0.5, 0.6) is 0 Å². The molecule has 3 nitrogen and oxygen atoms in total. The third kappa shape index (κ3) is 3.71. The molecule has 0 heterocycles. The summed E-state index contributed by atoms with van der Waals surface area (Å²) < 4.78 is 0. The minimum Gasteiger partial charge on any atom is -0.376 e. The maximum absolute atomic E-state index is 11.8. The number of fused-ring (bicyclic) bond motifs is 1. The molecule has 0 radical (unpaired) electrons. The lowest BCUT2D eigenvalue weighted by atomic mass is 10.1. The Bertz CT molecular complexity index is 579. The highest BCUT2D eigenvalue weighted by atomic mass is 16.2. The summed E-state index contributed by atoms with van der Waals surface area (Å²) in [4.78, 5) is 11.8. The summed E-state index contributed by atoms with van der Waals surface area (Å²) in [5, 5.41) is 8.44. The van der Waals surface area contributed by atoms with Crippen LogP contribution in [0.1, 0.15) is 20.8 Å². The summed E-state index contributed by atoms with van der Waals surface area (Å²) in [6, 6.07) is 14.2. The van der Waals surface area contributed by atoms with Gasteiger partial charge >= 0.3 is 0 Å². The fraction of sp³-hybridized carbons (Fsp3) is 0.312. The van der Waals surface area contributed by atoms with Crippen LogP contribution in [0.4, 0.5) is 5.69 Å². The van der Waals surface area contributed by atoms with Crippen molar-refractivity contribution in [2.75, 3.05) is 11.9 Å². The molecule has 0 aliphatic carbocycles. The maximum atomic E-state index is 11.8. The molecule has 0 saturated heterocycles. The first-order chi connectivity index (χ1) is 8.96. The Morgan fingerprint density at radius 1 is 1.05 bits per heavy atom. The molecule has 2 aromatic rings. The second kappa shape index (κ2) is 5.31. The summed E-state index contributed by atoms with van der Waals surface area (Å²) >= 11 is 0. The molecular formula is C16H20N2O. The number of carbonyl (C=O) groups excluding carboxylic acids is 1. The molecular weight excluding hydrogens is 236 g/mol. The van der Waals surface area contributed by atoms with Gasteiger partial charge in [0.05, 0.1) is 6.54 Å². The van der Waals surface area contributed by atoms with Crippen molar-refractivity contribution >= 4 is 22.4 Å². The zero-order valence-corrected chi connectivity index (χ0v) is 11.7. The third-order valence-electron chi connectivity index (χ3n) is 2.74. The third-order valence-corrected chi connectivity index (χ3v) is 2.74. The monoisotopic (exact) mass is 256 g/mol. The Hall–Kier alpha value is -2.03. The van der Waals surface area contributed by atoms with Crippen molar-refractivity contribution in [3.8, 4) is 0 Å². The number of anilines is 1. The number of rotatable bonds is 3. The molecule has 0 aliphatic rings. The van der Waals surface area contributed by atoms with Crippen molar-refractivity contribution < 1.29 is 4.79 Å². The maximum Gasteiger partial charge on any atom is 0.239 e. The zero-order valence-electron chi connectivity index (χ0n) is 11.7. The molecule has 0 aromatic heterocycles. The lowest BCUT2D eigenvalue weighted by Gasteiger charge is -2.21. The SMILES string of the molecule is CC(C)(C)NC(=O)CNc1cccc2ccccc12. The van der Waals surface area contributed by atoms with Gasteiger partial charge in [-0.05, 0) is 32.2 Å². The summed E-state index contributed by atoms with van der Waals surface area (Å²) in [5.74, 6) is 0.000402. The van der Waals surface area contributed by atoms with Crippen LogP contribution in [0.3, 0.4) is 0 Å². The summed E-state index contributed by atoms with van der Waals surface area (Å²) in [7, 11) is 0. The molecule has 100 valence electrons. The quantitative estimate of drug-likeness (QED) is 0.885. The predicted octanol–water partition coefficient (Wildman–Crippen LogP) is 3.17. The molecule has 0 saturated carbocycles. The molecule has 2 N–H and O–H groups in total. The molecule has 0 aliphatic heterocycles. The topological polar surface area (TPSA) is 41.1 Å². The van der Waals surface area contributed by atoms with Crippen molar-refractivity contribution in [2.45, 2.75) is 26.3 Å². The van der Waals surface area contributed by atoms with Crippen LogP contribution in [0.25, 0.3) is 10.8 Å². The fourth-order valence-corrected chi connectivity index (χ4v) is 2.02. The molecule has 0 unspecified atom stereocenters. The minimum atomic E-state index is -0.197. The summed E-state index contributed by atoms with van der Waals surface area (Å²) in [6.45, 7) is 6.21. The van der Waals surface area contributed by atoms with E-state index in [1.54, 1.807) is 0 Å². The van der Waals surface area contributed by atoms with E-state index in [0.717, 1.165) is 11.1 Å². The van der Waals surface area contributed by atoms with E-state index in [-0.39, 0.29) is 18.0 Å². The minimum absolute atomic E-state index is 0.000402. The molecule has 0 fully saturated rings. The number of benzene rings is 2. The van der Waals surface area contributed by atoms with Crippen LogP contribution in [0.15, 0.2) is 42.5 Å². The van der Waals surface area contributed by atoms with E-state index in [9.17, 15) is 4.79 Å². The van der Waals surface area contributed by atoms with Gasteiger partial charge in [-0.15, -0.1) is 0 Å². The zero-order chi connectivity index (χ0) is 13.9. The standard InChI is InChI=1S/C16H20N2O/c1-16(2,3)18-15(19)11-17-14-10-6-8-12-7-4-5-9-13(12)14/h4-10,17H,11H2,1-3H3,(H,18,19). The van der Waals surface area contributed by atoms with Gasteiger partial charge in [0, 0.05) is 16.6 Å². The molecule has 0 bridgehead atoms. The first kappa shape index (κ1) is 13.4. The van der Waals surface area contributed by atoms with Crippen molar-refractivity contribution in [3.63, 3.8) is 0 Å². The second-order valence-corrected chi connectivity index (χ2v) is 5.68. The number of amides is 1. The fourth-order valence-electron chi connectivity index (χ4n) is 2.02. The molecule has 0 spiro atoms. The van der Waals surface area contributed by atoms with Crippen LogP contribution < -0.4 is 10.6 Å². The van der Waals surface area contributed by atoms with Crippen LogP contribution in [-0.2, 0) is 4.79 Å². The van der Waals surface area contributed by atoms with Gasteiger partial charge in [0.1, 0.15) is 0 Å². The molecule has 0 atom stereocenters. The molecule has 1 amide bonds. The van der Waals surface area contributed by atoms with Gasteiger partial charge in [-0.2, -0.15) is 0 Å². The normalized spacial score (nSPS) is 11.3. The lowest BCUT2D eigenvalue weighted by Crippen LogP contribution is -2.43. The molecule has 3 heteroatoms. The number of hydrogen-bond donors (Lipinski definition) is 2. The van der Waals surface area contributed by atoms with E-state index in [2.05, 4.69) is 28.8 Å². The summed E-state index contributed by atoms with van der Waals surface area (Å²) in [5.41, 5.74) is 0.791. The van der Waals surface area contributed by atoms with Gasteiger partial charge < -0.3 is 10.6 Å². The van der Waals surface area contributed by atoms with Crippen LogP contribution in [0.2, 0.25) is 0 Å². The van der Waals surface area contributed by atoms with Crippen molar-refractivity contribution in [1.29, 1.82) is 0 Å². The highest BCUT2D eigenvalue weighted by Crippen LogP contribution is 2.22.